The van der Waals surface area contributed by atoms with Gasteiger partial charge in [-0.05, 0) is 18.1 Å². The van der Waals surface area contributed by atoms with E-state index in [1.54, 1.807) is 0 Å². The Morgan fingerprint density at radius 2 is 2.12 bits per heavy atom. The summed E-state index contributed by atoms with van der Waals surface area (Å²) in [5, 5.41) is 8.75. The smallest absolute Gasteiger partial charge is 0.307 e. The maximum absolute atomic E-state index is 10.6. The molecule has 0 saturated carbocycles. The Bertz CT molecular complexity index is 410. The predicted octanol–water partition coefficient (Wildman–Crippen LogP) is 2.86. The van der Waals surface area contributed by atoms with Crippen molar-refractivity contribution in [3.8, 4) is 11.8 Å². The summed E-state index contributed by atoms with van der Waals surface area (Å²) in [7, 11) is 0. The zero-order valence-electron chi connectivity index (χ0n) is 9.49. The van der Waals surface area contributed by atoms with E-state index in [4.69, 9.17) is 5.11 Å². The Morgan fingerprint density at radius 3 is 2.81 bits per heavy atom. The van der Waals surface area contributed by atoms with Crippen LogP contribution in [0.1, 0.15) is 37.3 Å². The van der Waals surface area contributed by atoms with Crippen LogP contribution in [-0.2, 0) is 11.2 Å². The van der Waals surface area contributed by atoms with Gasteiger partial charge in [-0.15, -0.1) is 0 Å². The molecule has 0 saturated heterocycles. The van der Waals surface area contributed by atoms with E-state index >= 15 is 0 Å². The van der Waals surface area contributed by atoms with Crippen molar-refractivity contribution < 1.29 is 9.90 Å². The molecule has 1 aromatic rings. The summed E-state index contributed by atoms with van der Waals surface area (Å²) < 4.78 is 0. The van der Waals surface area contributed by atoms with Crippen molar-refractivity contribution in [3.05, 3.63) is 35.4 Å². The minimum absolute atomic E-state index is 0.0403. The van der Waals surface area contributed by atoms with Crippen LogP contribution in [0.5, 0.6) is 0 Å². The van der Waals surface area contributed by atoms with Crippen molar-refractivity contribution in [2.75, 3.05) is 0 Å². The molecular formula is C14H16O2. The Kier molecular flexibility index (Phi) is 5.15. The van der Waals surface area contributed by atoms with Gasteiger partial charge < -0.3 is 5.11 Å². The molecule has 0 aliphatic rings. The Morgan fingerprint density at radius 1 is 1.38 bits per heavy atom. The van der Waals surface area contributed by atoms with E-state index in [9.17, 15) is 4.79 Å². The minimum atomic E-state index is -0.817. The van der Waals surface area contributed by atoms with Gasteiger partial charge in [-0.2, -0.15) is 0 Å². The fraction of sp³-hybridized carbons (Fsp3) is 0.357. The summed E-state index contributed by atoms with van der Waals surface area (Å²) in [4.78, 5) is 10.6. The van der Waals surface area contributed by atoms with Gasteiger partial charge in [-0.3, -0.25) is 4.79 Å². The first-order valence-electron chi connectivity index (χ1n) is 5.52. The van der Waals surface area contributed by atoms with E-state index in [-0.39, 0.29) is 6.42 Å². The molecule has 84 valence electrons. The zero-order chi connectivity index (χ0) is 11.8. The van der Waals surface area contributed by atoms with Crippen LogP contribution in [0.25, 0.3) is 0 Å². The molecule has 0 fully saturated rings. The molecule has 1 N–H and O–H groups in total. The lowest BCUT2D eigenvalue weighted by molar-refractivity contribution is -0.136. The lowest BCUT2D eigenvalue weighted by Crippen LogP contribution is -2.01. The number of unbranched alkanes of at least 4 members (excludes halogenated alkanes) is 2. The molecule has 0 spiro atoms. The van der Waals surface area contributed by atoms with Crippen LogP contribution in [0.2, 0.25) is 0 Å². The highest BCUT2D eigenvalue weighted by molar-refractivity contribution is 5.71. The van der Waals surface area contributed by atoms with Crippen LogP contribution >= 0.6 is 0 Å². The van der Waals surface area contributed by atoms with Gasteiger partial charge in [0.2, 0.25) is 0 Å². The topological polar surface area (TPSA) is 37.3 Å². The number of aliphatic carboxylic acids is 1. The summed E-state index contributed by atoms with van der Waals surface area (Å²) in [5.74, 6) is 5.30. The molecule has 0 aromatic heterocycles. The second kappa shape index (κ2) is 6.68. The Labute approximate surface area is 96.3 Å². The molecule has 2 nitrogen and oxygen atoms in total. The number of benzene rings is 1. The molecule has 0 radical (unpaired) electrons. The third-order valence-corrected chi connectivity index (χ3v) is 2.24. The van der Waals surface area contributed by atoms with Gasteiger partial charge in [0.25, 0.3) is 0 Å². The second-order valence-corrected chi connectivity index (χ2v) is 3.63. The summed E-state index contributed by atoms with van der Waals surface area (Å²) in [6.45, 7) is 2.13. The average molecular weight is 216 g/mol. The van der Waals surface area contributed by atoms with Crippen molar-refractivity contribution in [1.29, 1.82) is 0 Å². The van der Waals surface area contributed by atoms with Crippen LogP contribution in [0.3, 0.4) is 0 Å². The van der Waals surface area contributed by atoms with Gasteiger partial charge in [-0.1, -0.05) is 43.4 Å². The minimum Gasteiger partial charge on any atom is -0.481 e. The van der Waals surface area contributed by atoms with E-state index in [2.05, 4.69) is 18.8 Å². The van der Waals surface area contributed by atoms with Crippen molar-refractivity contribution in [1.82, 2.24) is 0 Å². The van der Waals surface area contributed by atoms with Crippen LogP contribution in [0.4, 0.5) is 0 Å². The number of carbonyl (C=O) groups is 1. The first-order valence-corrected chi connectivity index (χ1v) is 5.52. The number of carboxylic acids is 1. The molecule has 0 unspecified atom stereocenters. The van der Waals surface area contributed by atoms with Crippen molar-refractivity contribution in [2.24, 2.45) is 0 Å². The standard InChI is InChI=1S/C14H16O2/c1-2-3-4-5-8-12-9-6-7-10-13(12)11-14(15)16/h6-7,9-10H,2-4,11H2,1H3,(H,15,16). The fourth-order valence-electron chi connectivity index (χ4n) is 1.38. The third kappa shape index (κ3) is 4.18. The summed E-state index contributed by atoms with van der Waals surface area (Å²) >= 11 is 0. The van der Waals surface area contributed by atoms with E-state index in [1.807, 2.05) is 24.3 Å². The molecule has 0 bridgehead atoms. The molecule has 0 heterocycles. The molecule has 1 aromatic carbocycles. The molecule has 0 amide bonds. The van der Waals surface area contributed by atoms with Gasteiger partial charge >= 0.3 is 5.97 Å². The predicted molar refractivity (Wildman–Crippen MR) is 64.2 cm³/mol. The summed E-state index contributed by atoms with van der Waals surface area (Å²) in [6.07, 6.45) is 3.14. The van der Waals surface area contributed by atoms with E-state index in [1.165, 1.54) is 0 Å². The highest BCUT2D eigenvalue weighted by Gasteiger charge is 2.03. The van der Waals surface area contributed by atoms with Gasteiger partial charge in [0.05, 0.1) is 6.42 Å². The number of carboxylic acid groups (broad SMARTS) is 1. The fourth-order valence-corrected chi connectivity index (χ4v) is 1.38. The molecule has 2 heteroatoms. The highest BCUT2D eigenvalue weighted by atomic mass is 16.4. The number of hydrogen-bond acceptors (Lipinski definition) is 1. The van der Waals surface area contributed by atoms with E-state index in [0.29, 0.717) is 0 Å². The van der Waals surface area contributed by atoms with Crippen molar-refractivity contribution >= 4 is 5.97 Å². The van der Waals surface area contributed by atoms with Crippen molar-refractivity contribution in [2.45, 2.75) is 32.6 Å². The van der Waals surface area contributed by atoms with Crippen LogP contribution in [0, 0.1) is 11.8 Å². The quantitative estimate of drug-likeness (QED) is 0.620. The maximum Gasteiger partial charge on any atom is 0.307 e. The highest BCUT2D eigenvalue weighted by Crippen LogP contribution is 2.08. The van der Waals surface area contributed by atoms with Crippen molar-refractivity contribution in [3.63, 3.8) is 0 Å². The van der Waals surface area contributed by atoms with Gasteiger partial charge in [0, 0.05) is 12.0 Å². The normalized spacial score (nSPS) is 9.31. The van der Waals surface area contributed by atoms with Gasteiger partial charge in [0.15, 0.2) is 0 Å². The first-order chi connectivity index (χ1) is 7.74. The second-order valence-electron chi connectivity index (χ2n) is 3.63. The van der Waals surface area contributed by atoms with Crippen LogP contribution in [-0.4, -0.2) is 11.1 Å². The SMILES string of the molecule is CCCCC#Cc1ccccc1CC(=O)O. The summed E-state index contributed by atoms with van der Waals surface area (Å²) in [5.41, 5.74) is 1.63. The Balaban J connectivity index is 2.76. The molecule has 0 atom stereocenters. The van der Waals surface area contributed by atoms with Crippen LogP contribution < -0.4 is 0 Å². The lowest BCUT2D eigenvalue weighted by atomic mass is 10.0. The monoisotopic (exact) mass is 216 g/mol. The molecule has 1 rings (SSSR count). The van der Waals surface area contributed by atoms with Crippen LogP contribution in [0.15, 0.2) is 24.3 Å². The molecule has 16 heavy (non-hydrogen) atoms. The third-order valence-electron chi connectivity index (χ3n) is 2.24. The average Bonchev–Trinajstić information content (AvgIpc) is 2.26. The molecular weight excluding hydrogens is 200 g/mol. The molecule has 0 aliphatic carbocycles. The maximum atomic E-state index is 10.6. The van der Waals surface area contributed by atoms with E-state index < -0.39 is 5.97 Å². The first kappa shape index (κ1) is 12.3. The van der Waals surface area contributed by atoms with E-state index in [0.717, 1.165) is 30.4 Å². The number of rotatable bonds is 4. The Hall–Kier alpha value is -1.75. The largest absolute Gasteiger partial charge is 0.481 e. The van der Waals surface area contributed by atoms with Gasteiger partial charge in [-0.25, -0.2) is 0 Å². The number of hydrogen-bond donors (Lipinski definition) is 1. The lowest BCUT2D eigenvalue weighted by Gasteiger charge is -2.00. The molecule has 0 aliphatic heterocycles. The van der Waals surface area contributed by atoms with Gasteiger partial charge in [0.1, 0.15) is 0 Å². The zero-order valence-corrected chi connectivity index (χ0v) is 9.49. The summed E-state index contributed by atoms with van der Waals surface area (Å²) in [6, 6.07) is 7.42.